The molecule has 2 aliphatic rings. The van der Waals surface area contributed by atoms with Gasteiger partial charge in [-0.3, -0.25) is 14.6 Å². The van der Waals surface area contributed by atoms with Crippen LogP contribution in [0.3, 0.4) is 0 Å². The molecule has 2 amide bonds. The van der Waals surface area contributed by atoms with Crippen LogP contribution in [0.5, 0.6) is 5.75 Å². The molecule has 152 valence electrons. The molecule has 0 bridgehead atoms. The molecule has 3 heterocycles. The van der Waals surface area contributed by atoms with Gasteiger partial charge in [0.25, 0.3) is 11.8 Å². The third-order valence-corrected chi connectivity index (χ3v) is 4.70. The lowest BCUT2D eigenvalue weighted by Gasteiger charge is -2.22. The Balaban J connectivity index is 1.52. The van der Waals surface area contributed by atoms with Crippen molar-refractivity contribution in [3.8, 4) is 5.75 Å². The van der Waals surface area contributed by atoms with Gasteiger partial charge in [0.1, 0.15) is 24.1 Å². The normalized spacial score (nSPS) is 17.9. The lowest BCUT2D eigenvalue weighted by molar-refractivity contribution is -0.118. The van der Waals surface area contributed by atoms with Crippen molar-refractivity contribution in [2.24, 2.45) is 0 Å². The first-order chi connectivity index (χ1) is 13.8. The van der Waals surface area contributed by atoms with E-state index in [2.05, 4.69) is 26.0 Å². The number of hydrogen-bond acceptors (Lipinski definition) is 7. The number of aromatic nitrogens is 2. The summed E-state index contributed by atoms with van der Waals surface area (Å²) in [6.07, 6.45) is 1.59. The highest BCUT2D eigenvalue weighted by Crippen LogP contribution is 2.31. The van der Waals surface area contributed by atoms with E-state index in [0.717, 1.165) is 5.56 Å². The number of nitrogens with zero attached hydrogens (tertiary/aromatic N) is 3. The molecular weight excluding hydrogens is 379 g/mol. The molecule has 0 fully saturated rings. The van der Waals surface area contributed by atoms with E-state index in [1.165, 1.54) is 6.07 Å². The molecule has 4 rings (SSSR count). The molecule has 0 unspecified atom stereocenters. The summed E-state index contributed by atoms with van der Waals surface area (Å²) in [5.41, 5.74) is 4.69. The van der Waals surface area contributed by atoms with Crippen LogP contribution in [0.1, 0.15) is 35.6 Å². The van der Waals surface area contributed by atoms with E-state index in [1.54, 1.807) is 19.2 Å². The molecule has 0 radical (unpaired) electrons. The van der Waals surface area contributed by atoms with Crippen molar-refractivity contribution in [3.63, 3.8) is 0 Å². The van der Waals surface area contributed by atoms with Crippen molar-refractivity contribution in [2.45, 2.75) is 39.4 Å². The Morgan fingerprint density at radius 3 is 2.97 bits per heavy atom. The fourth-order valence-electron chi connectivity index (χ4n) is 3.25. The van der Waals surface area contributed by atoms with Gasteiger partial charge in [0.2, 0.25) is 5.82 Å². The van der Waals surface area contributed by atoms with Crippen molar-refractivity contribution >= 4 is 23.3 Å². The molecule has 1 aromatic heterocycles. The van der Waals surface area contributed by atoms with E-state index >= 15 is 0 Å². The van der Waals surface area contributed by atoms with Gasteiger partial charge in [0.05, 0.1) is 0 Å². The number of aryl methyl sites for hydroxylation is 1. The predicted octanol–water partition coefficient (Wildman–Crippen LogP) is 1.29. The van der Waals surface area contributed by atoms with Crippen molar-refractivity contribution in [1.29, 1.82) is 0 Å². The average molecular weight is 400 g/mol. The number of hydrogen-bond donors (Lipinski definition) is 3. The third kappa shape index (κ3) is 3.58. The second-order valence-electron chi connectivity index (χ2n) is 7.29. The van der Waals surface area contributed by atoms with Crippen LogP contribution in [0.2, 0.25) is 0 Å². The highest BCUT2D eigenvalue weighted by Gasteiger charge is 2.30. The zero-order chi connectivity index (χ0) is 20.7. The molecule has 10 heteroatoms. The van der Waals surface area contributed by atoms with Crippen molar-refractivity contribution in [2.75, 3.05) is 16.9 Å². The van der Waals surface area contributed by atoms with Crippen LogP contribution in [0.4, 0.5) is 15.9 Å². The van der Waals surface area contributed by atoms with Crippen LogP contribution >= 0.6 is 0 Å². The van der Waals surface area contributed by atoms with Crippen molar-refractivity contribution in [3.05, 3.63) is 41.1 Å². The van der Waals surface area contributed by atoms with Crippen LogP contribution in [-0.4, -0.2) is 40.5 Å². The number of hydrazine groups is 1. The van der Waals surface area contributed by atoms with E-state index in [-0.39, 0.29) is 29.9 Å². The second kappa shape index (κ2) is 7.28. The van der Waals surface area contributed by atoms with E-state index in [9.17, 15) is 14.0 Å². The quantitative estimate of drug-likeness (QED) is 0.712. The van der Waals surface area contributed by atoms with E-state index in [1.807, 2.05) is 18.9 Å². The number of carbonyl (C=O) groups excluding carboxylic acids is 2. The van der Waals surface area contributed by atoms with Crippen molar-refractivity contribution in [1.82, 2.24) is 20.7 Å². The smallest absolute Gasteiger partial charge is 0.289 e. The number of halogens is 1. The Bertz CT molecular complexity index is 996. The largest absolute Gasteiger partial charge is 0.489 e. The van der Waals surface area contributed by atoms with Gasteiger partial charge in [-0.15, -0.1) is 0 Å². The first-order valence-corrected chi connectivity index (χ1v) is 9.27. The Morgan fingerprint density at radius 2 is 2.21 bits per heavy atom. The fourth-order valence-corrected chi connectivity index (χ4v) is 3.25. The number of rotatable bonds is 3. The SMILES string of the molecule is Cc1cc(F)c2c(c1)OC[C@H](NC(=O)c1ncc3c(n1)N(C(C)C)NC3)C(=O)N2. The summed E-state index contributed by atoms with van der Waals surface area (Å²) in [5.74, 6) is -0.994. The first-order valence-electron chi connectivity index (χ1n) is 9.27. The van der Waals surface area contributed by atoms with Gasteiger partial charge in [0.15, 0.2) is 11.6 Å². The molecule has 0 saturated carbocycles. The highest BCUT2D eigenvalue weighted by molar-refractivity contribution is 6.01. The standard InChI is InChI=1S/C19H21FN6O3/c1-9(2)26-17-11(7-22-26)6-21-16(25-17)19(28)23-13-8-29-14-5-10(3)4-12(20)15(14)24-18(13)27/h4-6,9,13,22H,7-8H2,1-3H3,(H,23,28)(H,24,27)/t13-/m0/s1. The van der Waals surface area contributed by atoms with Gasteiger partial charge in [0, 0.05) is 24.3 Å². The van der Waals surface area contributed by atoms with Crippen LogP contribution in [-0.2, 0) is 11.3 Å². The van der Waals surface area contributed by atoms with Crippen LogP contribution in [0.15, 0.2) is 18.3 Å². The molecule has 29 heavy (non-hydrogen) atoms. The molecule has 0 saturated heterocycles. The number of ether oxygens (including phenoxy) is 1. The van der Waals surface area contributed by atoms with Gasteiger partial charge in [-0.25, -0.2) is 19.8 Å². The lowest BCUT2D eigenvalue weighted by atomic mass is 10.2. The molecule has 1 aromatic carbocycles. The Kier molecular flexibility index (Phi) is 4.79. The van der Waals surface area contributed by atoms with Crippen LogP contribution in [0.25, 0.3) is 0 Å². The highest BCUT2D eigenvalue weighted by atomic mass is 19.1. The van der Waals surface area contributed by atoms with E-state index < -0.39 is 23.7 Å². The molecule has 1 atom stereocenters. The minimum atomic E-state index is -1.02. The molecule has 0 spiro atoms. The van der Waals surface area contributed by atoms with E-state index in [0.29, 0.717) is 17.9 Å². The second-order valence-corrected chi connectivity index (χ2v) is 7.29. The van der Waals surface area contributed by atoms with Gasteiger partial charge >= 0.3 is 0 Å². The number of benzene rings is 1. The number of nitrogens with one attached hydrogen (secondary N) is 3. The summed E-state index contributed by atoms with van der Waals surface area (Å²) < 4.78 is 19.7. The Morgan fingerprint density at radius 1 is 1.41 bits per heavy atom. The molecular formula is C19H21FN6O3. The minimum absolute atomic E-state index is 0.0372. The van der Waals surface area contributed by atoms with Gasteiger partial charge in [-0.1, -0.05) is 0 Å². The van der Waals surface area contributed by atoms with Crippen LogP contribution in [0, 0.1) is 12.7 Å². The first kappa shape index (κ1) is 19.1. The maximum atomic E-state index is 14.2. The number of fused-ring (bicyclic) bond motifs is 2. The summed E-state index contributed by atoms with van der Waals surface area (Å²) in [4.78, 5) is 33.6. The number of amides is 2. The lowest BCUT2D eigenvalue weighted by Crippen LogP contribution is -2.47. The topological polar surface area (TPSA) is 108 Å². The van der Waals surface area contributed by atoms with Gasteiger partial charge in [-0.05, 0) is 38.5 Å². The Labute approximate surface area is 166 Å². The molecule has 2 aromatic rings. The number of carbonyl (C=O) groups is 2. The molecule has 3 N–H and O–H groups in total. The maximum Gasteiger partial charge on any atom is 0.289 e. The predicted molar refractivity (Wildman–Crippen MR) is 103 cm³/mol. The molecule has 2 aliphatic heterocycles. The zero-order valence-corrected chi connectivity index (χ0v) is 16.2. The maximum absolute atomic E-state index is 14.2. The minimum Gasteiger partial charge on any atom is -0.489 e. The summed E-state index contributed by atoms with van der Waals surface area (Å²) >= 11 is 0. The average Bonchev–Trinajstić information content (AvgIpc) is 3.03. The zero-order valence-electron chi connectivity index (χ0n) is 16.2. The summed E-state index contributed by atoms with van der Waals surface area (Å²) in [5, 5.41) is 6.90. The van der Waals surface area contributed by atoms with Crippen LogP contribution < -0.4 is 25.8 Å². The molecule has 0 aliphatic carbocycles. The van der Waals surface area contributed by atoms with E-state index in [4.69, 9.17) is 4.74 Å². The van der Waals surface area contributed by atoms with Crippen molar-refractivity contribution < 1.29 is 18.7 Å². The number of anilines is 2. The third-order valence-electron chi connectivity index (χ3n) is 4.70. The van der Waals surface area contributed by atoms with Gasteiger partial charge in [-0.2, -0.15) is 0 Å². The summed E-state index contributed by atoms with van der Waals surface area (Å²) in [6.45, 7) is 6.15. The fraction of sp³-hybridized carbons (Fsp3) is 0.368. The monoisotopic (exact) mass is 400 g/mol. The molecule has 9 nitrogen and oxygen atoms in total. The summed E-state index contributed by atoms with van der Waals surface area (Å²) in [6, 6.07) is 2.04. The Hall–Kier alpha value is -3.27. The van der Waals surface area contributed by atoms with Gasteiger partial charge < -0.3 is 15.4 Å². The summed E-state index contributed by atoms with van der Waals surface area (Å²) in [7, 11) is 0.